The zero-order valence-corrected chi connectivity index (χ0v) is 75.8. The molecular weight excluding hydrogens is 1710 g/mol. The quantitative estimate of drug-likeness (QED) is 0.0719. The Morgan fingerprint density at radius 3 is 0.866 bits per heavy atom. The number of hydrogen-bond donors (Lipinski definition) is 4. The molecule has 6 nitrogen and oxygen atoms in total. The first-order valence-electron chi connectivity index (χ1n) is 38.9. The second-order valence-corrected chi connectivity index (χ2v) is 37.2. The van der Waals surface area contributed by atoms with Gasteiger partial charge in [0.15, 0.2) is 0 Å². The molecule has 0 saturated carbocycles. The third-order valence-corrected chi connectivity index (χ3v) is 24.6. The minimum Gasteiger partial charge on any atom is -0.552 e. The maximum absolute atomic E-state index is 11.4. The van der Waals surface area contributed by atoms with Gasteiger partial charge >= 0.3 is 434 Å². The van der Waals surface area contributed by atoms with E-state index in [9.17, 15) is 20.4 Å². The van der Waals surface area contributed by atoms with Gasteiger partial charge < -0.3 is 9.47 Å². The molecule has 0 atom stereocenters. The van der Waals surface area contributed by atoms with Crippen molar-refractivity contribution in [2.75, 3.05) is 13.2 Å². The molecule has 12 rings (SSSR count). The van der Waals surface area contributed by atoms with E-state index in [0.717, 1.165) is 132 Å². The predicted octanol–water partition coefficient (Wildman–Crippen LogP) is 26.7. The minimum atomic E-state index is -0.175. The predicted molar refractivity (Wildman–Crippen MR) is 466 cm³/mol. The van der Waals surface area contributed by atoms with Crippen LogP contribution in [0.15, 0.2) is 248 Å². The van der Waals surface area contributed by atoms with Gasteiger partial charge in [0.05, 0.1) is 0 Å². The summed E-state index contributed by atoms with van der Waals surface area (Å²) >= 11 is 2.77. The number of rotatable bonds is 12. The van der Waals surface area contributed by atoms with Crippen LogP contribution < -0.4 is 0 Å². The van der Waals surface area contributed by atoms with Crippen molar-refractivity contribution in [3.63, 3.8) is 0 Å². The number of para-hydroxylation sites is 4. The fourth-order valence-electron chi connectivity index (χ4n) is 12.7. The minimum absolute atomic E-state index is 0.0608. The van der Waals surface area contributed by atoms with Crippen molar-refractivity contribution in [1.82, 2.24) is 0 Å². The van der Waals surface area contributed by atoms with E-state index in [1.165, 1.54) is 64.9 Å². The van der Waals surface area contributed by atoms with Gasteiger partial charge in [-0.1, -0.05) is 56.2 Å². The molecule has 112 heavy (non-hydrogen) atoms. The van der Waals surface area contributed by atoms with Crippen LogP contribution in [0.1, 0.15) is 220 Å². The van der Waals surface area contributed by atoms with E-state index in [-0.39, 0.29) is 32.5 Å². The molecule has 0 unspecified atom stereocenters. The third kappa shape index (κ3) is 26.2. The maximum atomic E-state index is 11.4. The van der Waals surface area contributed by atoms with Gasteiger partial charge in [-0.15, -0.1) is 91.9 Å². The summed E-state index contributed by atoms with van der Waals surface area (Å²) in [5, 5.41) is 45.6. The van der Waals surface area contributed by atoms with Gasteiger partial charge in [0, 0.05) is 13.2 Å². The van der Waals surface area contributed by atoms with Crippen LogP contribution in [0.5, 0.6) is 23.0 Å². The summed E-state index contributed by atoms with van der Waals surface area (Å²) in [6, 6.07) is 77.2. The Morgan fingerprint density at radius 1 is 0.348 bits per heavy atom. The van der Waals surface area contributed by atoms with E-state index in [0.29, 0.717) is 23.0 Å². The summed E-state index contributed by atoms with van der Waals surface area (Å²) in [6.45, 7) is 48.4. The van der Waals surface area contributed by atoms with E-state index in [4.69, 9.17) is 9.47 Å². The Hall–Kier alpha value is -8.60. The third-order valence-electron chi connectivity index (χ3n) is 18.7. The van der Waals surface area contributed by atoms with E-state index >= 15 is 0 Å². The first-order chi connectivity index (χ1) is 52.8. The van der Waals surface area contributed by atoms with Crippen LogP contribution >= 0.6 is 0 Å². The van der Waals surface area contributed by atoms with Crippen molar-refractivity contribution in [1.29, 1.82) is 0 Å². The second-order valence-electron chi connectivity index (χ2n) is 34.3. The summed E-state index contributed by atoms with van der Waals surface area (Å²) in [5.41, 5.74) is 19.0. The Labute approximate surface area is 695 Å². The zero-order chi connectivity index (χ0) is 82.2. The van der Waals surface area contributed by atoms with Gasteiger partial charge in [-0.25, -0.2) is 37.0 Å². The molecule has 0 amide bonds. The summed E-state index contributed by atoms with van der Waals surface area (Å²) in [5.74, 6) is 1.33. The van der Waals surface area contributed by atoms with E-state index in [2.05, 4.69) is 185 Å². The summed E-state index contributed by atoms with van der Waals surface area (Å²) in [4.78, 5) is 0. The molecule has 2 aliphatic rings. The Morgan fingerprint density at radius 2 is 0.616 bits per heavy atom. The van der Waals surface area contributed by atoms with Gasteiger partial charge in [-0.3, -0.25) is 11.6 Å². The average molecular weight is 1830 g/mol. The second kappa shape index (κ2) is 41.4. The molecule has 0 aliphatic carbocycles. The Balaban J connectivity index is 0.000000206. The standard InChI is InChI=1S/2C31H38O2.2C17H14.2C4H7O.2W/c2*1-29(2,3)19-24-20(22-15-11-17-25(27(22)32)30(4,5)6)13-10-14-21(24)23-16-12-18-26(28(23)33)31(7,8)9;1-15(14-17-10-6-3-7-11-17)12-13-16-8-4-2-5-9-16;1-2-16(17-11-7-4-8-12-17)14-13-15-9-5-3-6-10-15;2*1-2-4-5-3-1;;/h2*10-18,32-33H,1-9H3;2-12H,1H3;3-12,14H,1H3;2*3H,1-2,4H2;;/q;;2*-2;2*-1;;. The van der Waals surface area contributed by atoms with Crippen molar-refractivity contribution >= 4 is 13.4 Å². The number of benzene rings is 10. The summed E-state index contributed by atoms with van der Waals surface area (Å²) < 4.78 is 12.2. The van der Waals surface area contributed by atoms with Crippen molar-refractivity contribution < 1.29 is 68.6 Å². The van der Waals surface area contributed by atoms with Crippen LogP contribution in [-0.2, 0) is 69.8 Å². The number of allylic oxidation sites excluding steroid dienone is 5. The smallest absolute Gasteiger partial charge is 0.00878 e. The van der Waals surface area contributed by atoms with E-state index in [1.807, 2.05) is 233 Å². The number of phenols is 4. The van der Waals surface area contributed by atoms with Gasteiger partial charge in [-0.2, -0.15) is 47.2 Å². The molecule has 2 fully saturated rings. The molecule has 10 aromatic rings. The molecule has 588 valence electrons. The van der Waals surface area contributed by atoms with Gasteiger partial charge in [0.25, 0.3) is 0 Å². The summed E-state index contributed by atoms with van der Waals surface area (Å²) in [6.07, 6.45) is 21.7. The Kier molecular flexibility index (Phi) is 33.5. The number of hydrogen-bond acceptors (Lipinski definition) is 6. The van der Waals surface area contributed by atoms with Crippen LogP contribution in [0.2, 0.25) is 0 Å². The van der Waals surface area contributed by atoms with Crippen molar-refractivity contribution in [2.24, 2.45) is 10.8 Å². The van der Waals surface area contributed by atoms with Gasteiger partial charge in [-0.05, 0) is 0 Å². The molecule has 0 bridgehead atoms. The van der Waals surface area contributed by atoms with Crippen molar-refractivity contribution in [2.45, 2.75) is 186 Å². The monoisotopic (exact) mass is 1830 g/mol. The van der Waals surface area contributed by atoms with E-state index in [1.54, 1.807) is 0 Å². The number of phenolic OH excluding ortho intramolecular Hbond substituents is 4. The maximum Gasteiger partial charge on any atom is 0.00878 e. The molecule has 4 N–H and O–H groups in total. The first kappa shape index (κ1) is 90.6. The average Bonchev–Trinajstić information content (AvgIpc) is 0.810. The van der Waals surface area contributed by atoms with Gasteiger partial charge in [0.1, 0.15) is 0 Å². The molecule has 8 heteroatoms. The molecule has 2 heterocycles. The molecule has 10 aromatic carbocycles. The summed E-state index contributed by atoms with van der Waals surface area (Å²) in [7, 11) is 0. The number of aromatic hydroxyl groups is 4. The topological polar surface area (TPSA) is 99.4 Å². The zero-order valence-electron chi connectivity index (χ0n) is 69.9. The van der Waals surface area contributed by atoms with Crippen LogP contribution in [0.25, 0.3) is 50.1 Å². The van der Waals surface area contributed by atoms with Crippen molar-refractivity contribution in [3.05, 3.63) is 341 Å². The molecule has 2 saturated heterocycles. The largest absolute Gasteiger partial charge is 0.552 e. The normalized spacial score (nSPS) is 13.4. The van der Waals surface area contributed by atoms with Gasteiger partial charge in [0.2, 0.25) is 0 Å². The number of ether oxygens (including phenoxy) is 2. The SMILES string of the molecule is CC(=[C-]c1ccccc1)C=[C-]c1ccccc1.CC(C)(C)[C](=[W])c1c(-c2cccc(C(C)(C)C)c2O)cccc1-c1cccc(C(C)(C)C)c1O.CC(C)(C)[C](=[W])c1c(-c2cccc(C(C)(C)C)c2O)cccc1-c1cccc(C(C)(C)C)c1O.C[C-]=C(C=[C-]c1ccccc1)c1ccccc1.[CH-]1CCCO1.[CH-]1CCCO1. The molecular formula is C104H118O6W2-6. The van der Waals surface area contributed by atoms with Crippen LogP contribution in [0.3, 0.4) is 0 Å². The molecule has 2 aliphatic heterocycles. The Bertz CT molecular complexity index is 4430. The molecule has 0 spiro atoms. The molecule has 0 aromatic heterocycles. The molecule has 0 radical (unpaired) electrons. The fourth-order valence-corrected chi connectivity index (χ4v) is 14.2. The van der Waals surface area contributed by atoms with Crippen LogP contribution in [0, 0.1) is 48.3 Å². The van der Waals surface area contributed by atoms with Crippen LogP contribution in [0.4, 0.5) is 0 Å². The fraction of sp³-hybridized carbons (Fsp3) is 0.308. The van der Waals surface area contributed by atoms with E-state index < -0.39 is 0 Å². The van der Waals surface area contributed by atoms with Crippen LogP contribution in [-0.4, -0.2) is 41.4 Å². The first-order valence-corrected chi connectivity index (χ1v) is 41.9. The van der Waals surface area contributed by atoms with Crippen molar-refractivity contribution in [3.8, 4) is 67.5 Å².